The van der Waals surface area contributed by atoms with Crippen molar-refractivity contribution >= 4 is 18.0 Å². The Kier molecular flexibility index (Phi) is 7.84. The molecule has 4 atom stereocenters. The first-order valence-electron chi connectivity index (χ1n) is 9.32. The summed E-state index contributed by atoms with van der Waals surface area (Å²) in [5, 5.41) is 19.8. The minimum absolute atomic E-state index is 0.100. The second-order valence-corrected chi connectivity index (χ2v) is 8.98. The summed E-state index contributed by atoms with van der Waals surface area (Å²) in [5.41, 5.74) is -1.62. The number of esters is 2. The van der Waals surface area contributed by atoms with Gasteiger partial charge in [-0.2, -0.15) is 0 Å². The van der Waals surface area contributed by atoms with E-state index in [0.717, 1.165) is 4.90 Å². The zero-order chi connectivity index (χ0) is 21.9. The van der Waals surface area contributed by atoms with E-state index in [0.29, 0.717) is 0 Å². The Balaban J connectivity index is 3.26. The Morgan fingerprint density at radius 2 is 1.61 bits per heavy atom. The van der Waals surface area contributed by atoms with Crippen molar-refractivity contribution in [1.82, 2.24) is 4.90 Å². The zero-order valence-corrected chi connectivity index (χ0v) is 17.7. The van der Waals surface area contributed by atoms with Crippen LogP contribution < -0.4 is 0 Å². The highest BCUT2D eigenvalue weighted by Crippen LogP contribution is 2.35. The molecular weight excluding hydrogens is 370 g/mol. The van der Waals surface area contributed by atoms with Crippen LogP contribution in [0.4, 0.5) is 4.79 Å². The second-order valence-electron chi connectivity index (χ2n) is 8.98. The van der Waals surface area contributed by atoms with E-state index < -0.39 is 59.9 Å². The number of nitrogens with zero attached hydrogens (tertiary/aromatic N) is 1. The molecular formula is C19H33NO8. The molecule has 0 unspecified atom stereocenters. The lowest BCUT2D eigenvalue weighted by molar-refractivity contribution is -0.161. The van der Waals surface area contributed by atoms with Crippen LogP contribution in [0.1, 0.15) is 54.9 Å². The van der Waals surface area contributed by atoms with Gasteiger partial charge in [-0.05, 0) is 48.0 Å². The molecule has 0 aromatic rings. The van der Waals surface area contributed by atoms with Crippen molar-refractivity contribution in [2.24, 2.45) is 5.92 Å². The molecule has 1 aliphatic rings. The number of amides is 1. The zero-order valence-electron chi connectivity index (χ0n) is 17.7. The first-order chi connectivity index (χ1) is 12.7. The number of rotatable bonds is 5. The van der Waals surface area contributed by atoms with E-state index in [4.69, 9.17) is 14.2 Å². The van der Waals surface area contributed by atoms with Crippen molar-refractivity contribution in [1.29, 1.82) is 0 Å². The fourth-order valence-electron chi connectivity index (χ4n) is 3.12. The van der Waals surface area contributed by atoms with Gasteiger partial charge in [-0.1, -0.05) is 0 Å². The van der Waals surface area contributed by atoms with Gasteiger partial charge in [0.2, 0.25) is 0 Å². The van der Waals surface area contributed by atoms with Gasteiger partial charge in [0.1, 0.15) is 17.2 Å². The van der Waals surface area contributed by atoms with Gasteiger partial charge in [-0.25, -0.2) is 9.59 Å². The summed E-state index contributed by atoms with van der Waals surface area (Å²) in [7, 11) is 0. The fraction of sp³-hybridized carbons (Fsp3) is 0.842. The SMILES string of the molecule is CC(=O)OC[C@@H]1C[C@H](C(=O)OC(C)(C)C)N(C(=O)OC(C)(C)C)[C@H]1[C@@H](O)CO. The number of likely N-dealkylation sites (tertiary alicyclic amines) is 1. The maximum atomic E-state index is 12.9. The van der Waals surface area contributed by atoms with Crippen molar-refractivity contribution in [3.05, 3.63) is 0 Å². The molecule has 1 saturated heterocycles. The lowest BCUT2D eigenvalue weighted by Crippen LogP contribution is -2.54. The Labute approximate surface area is 165 Å². The molecule has 0 bridgehead atoms. The van der Waals surface area contributed by atoms with Crippen LogP contribution in [0.5, 0.6) is 0 Å². The summed E-state index contributed by atoms with van der Waals surface area (Å²) in [6.07, 6.45) is -2.06. The number of aliphatic hydroxyl groups excluding tert-OH is 2. The van der Waals surface area contributed by atoms with Crippen molar-refractivity contribution < 1.29 is 38.8 Å². The Morgan fingerprint density at radius 3 is 2.04 bits per heavy atom. The molecule has 0 spiro atoms. The van der Waals surface area contributed by atoms with Crippen LogP contribution >= 0.6 is 0 Å². The Morgan fingerprint density at radius 1 is 1.07 bits per heavy atom. The quantitative estimate of drug-likeness (QED) is 0.519. The van der Waals surface area contributed by atoms with E-state index in [2.05, 4.69) is 0 Å². The Bertz CT molecular complexity index is 577. The lowest BCUT2D eigenvalue weighted by Gasteiger charge is -2.35. The van der Waals surface area contributed by atoms with Gasteiger partial charge < -0.3 is 24.4 Å². The number of carbonyl (C=O) groups is 3. The smallest absolute Gasteiger partial charge is 0.411 e. The molecule has 1 fully saturated rings. The predicted molar refractivity (Wildman–Crippen MR) is 99.3 cm³/mol. The molecule has 9 nitrogen and oxygen atoms in total. The standard InChI is InChI=1S/C19H33NO8/c1-11(22)26-10-12-8-13(16(24)27-18(2,3)4)20(15(12)14(23)9-21)17(25)28-19(5,6)7/h12-15,21,23H,8-10H2,1-7H3/t12-,13+,14-,15+/m0/s1. The maximum Gasteiger partial charge on any atom is 0.411 e. The minimum Gasteiger partial charge on any atom is -0.465 e. The monoisotopic (exact) mass is 403 g/mol. The van der Waals surface area contributed by atoms with Crippen molar-refractivity contribution in [2.45, 2.75) is 84.3 Å². The molecule has 1 heterocycles. The highest BCUT2D eigenvalue weighted by Gasteiger charge is 2.52. The van der Waals surface area contributed by atoms with E-state index in [1.165, 1.54) is 6.92 Å². The highest BCUT2D eigenvalue weighted by atomic mass is 16.6. The molecule has 0 aromatic carbocycles. The molecule has 0 aromatic heterocycles. The minimum atomic E-state index is -1.35. The molecule has 1 aliphatic heterocycles. The lowest BCUT2D eigenvalue weighted by atomic mass is 9.96. The van der Waals surface area contributed by atoms with E-state index >= 15 is 0 Å². The van der Waals surface area contributed by atoms with Crippen molar-refractivity contribution in [2.75, 3.05) is 13.2 Å². The molecule has 28 heavy (non-hydrogen) atoms. The van der Waals surface area contributed by atoms with Gasteiger partial charge >= 0.3 is 18.0 Å². The third kappa shape index (κ3) is 6.94. The summed E-state index contributed by atoms with van der Waals surface area (Å²) in [4.78, 5) is 37.9. The van der Waals surface area contributed by atoms with Gasteiger partial charge in [0.05, 0.1) is 25.4 Å². The molecule has 0 saturated carbocycles. The van der Waals surface area contributed by atoms with Gasteiger partial charge in [0.15, 0.2) is 0 Å². The first-order valence-corrected chi connectivity index (χ1v) is 9.32. The largest absolute Gasteiger partial charge is 0.465 e. The van der Waals surface area contributed by atoms with Gasteiger partial charge in [-0.3, -0.25) is 9.69 Å². The van der Waals surface area contributed by atoms with Crippen LogP contribution in [0.3, 0.4) is 0 Å². The van der Waals surface area contributed by atoms with Crippen LogP contribution in [0.15, 0.2) is 0 Å². The first kappa shape index (κ1) is 24.2. The molecule has 0 aliphatic carbocycles. The summed E-state index contributed by atoms with van der Waals surface area (Å²) in [5.74, 6) is -1.75. The number of aliphatic hydroxyl groups is 2. The average Bonchev–Trinajstić information content (AvgIpc) is 2.88. The van der Waals surface area contributed by atoms with E-state index in [-0.39, 0.29) is 13.0 Å². The number of hydrogen-bond acceptors (Lipinski definition) is 8. The van der Waals surface area contributed by atoms with E-state index in [1.807, 2.05) is 0 Å². The van der Waals surface area contributed by atoms with E-state index in [9.17, 15) is 24.6 Å². The molecule has 9 heteroatoms. The predicted octanol–water partition coefficient (Wildman–Crippen LogP) is 1.24. The maximum absolute atomic E-state index is 12.9. The van der Waals surface area contributed by atoms with E-state index in [1.54, 1.807) is 41.5 Å². The summed E-state index contributed by atoms with van der Waals surface area (Å²) < 4.78 is 15.9. The fourth-order valence-corrected chi connectivity index (χ4v) is 3.12. The summed E-state index contributed by atoms with van der Waals surface area (Å²) in [6.45, 7) is 10.6. The van der Waals surface area contributed by atoms with Crippen molar-refractivity contribution in [3.8, 4) is 0 Å². The van der Waals surface area contributed by atoms with Crippen molar-refractivity contribution in [3.63, 3.8) is 0 Å². The third-order valence-corrected chi connectivity index (χ3v) is 4.03. The van der Waals surface area contributed by atoms with Crippen LogP contribution in [-0.4, -0.2) is 75.7 Å². The third-order valence-electron chi connectivity index (χ3n) is 4.03. The van der Waals surface area contributed by atoms with Gasteiger partial charge in [-0.15, -0.1) is 0 Å². The molecule has 162 valence electrons. The molecule has 1 amide bonds. The number of carbonyl (C=O) groups excluding carboxylic acids is 3. The molecule has 2 N–H and O–H groups in total. The van der Waals surface area contributed by atoms with Crippen LogP contribution in [0.25, 0.3) is 0 Å². The number of ether oxygens (including phenoxy) is 3. The van der Waals surface area contributed by atoms with Crippen LogP contribution in [-0.2, 0) is 23.8 Å². The molecule has 0 radical (unpaired) electrons. The topological polar surface area (TPSA) is 123 Å². The average molecular weight is 403 g/mol. The van der Waals surface area contributed by atoms with Gasteiger partial charge in [0, 0.05) is 12.8 Å². The summed E-state index contributed by atoms with van der Waals surface area (Å²) >= 11 is 0. The second kappa shape index (κ2) is 9.09. The Hall–Kier alpha value is -1.87. The normalized spacial score (nSPS) is 23.9. The van der Waals surface area contributed by atoms with Gasteiger partial charge in [0.25, 0.3) is 0 Å². The number of hydrogen-bond donors (Lipinski definition) is 2. The highest BCUT2D eigenvalue weighted by molar-refractivity contribution is 5.83. The summed E-state index contributed by atoms with van der Waals surface area (Å²) in [6, 6.07) is -2.02. The molecule has 1 rings (SSSR count). The van der Waals surface area contributed by atoms with Crippen LogP contribution in [0.2, 0.25) is 0 Å². The van der Waals surface area contributed by atoms with Crippen LogP contribution in [0, 0.1) is 5.92 Å².